The Bertz CT molecular complexity index is 2310. The predicted octanol–water partition coefficient (Wildman–Crippen LogP) is 14.2. The minimum Gasteiger partial charge on any atom is -0.456 e. The van der Waals surface area contributed by atoms with Gasteiger partial charge < -0.3 is 13.7 Å². The van der Waals surface area contributed by atoms with Gasteiger partial charge in [0.2, 0.25) is 0 Å². The van der Waals surface area contributed by atoms with Gasteiger partial charge in [-0.15, -0.1) is 0 Å². The summed E-state index contributed by atoms with van der Waals surface area (Å²) in [6, 6.07) is 30.4. The number of aryl methyl sites for hydroxylation is 1. The molecule has 5 aromatic carbocycles. The van der Waals surface area contributed by atoms with E-state index in [2.05, 4.69) is 135 Å². The lowest BCUT2D eigenvalue weighted by molar-refractivity contribution is 0.466. The van der Waals surface area contributed by atoms with E-state index in [1.807, 2.05) is 33.8 Å². The summed E-state index contributed by atoms with van der Waals surface area (Å²) in [4.78, 5) is 2.38. The van der Waals surface area contributed by atoms with Crippen molar-refractivity contribution >= 4 is 71.9 Å². The fraction of sp³-hybridized carbons (Fsp3) is 0.244. The van der Waals surface area contributed by atoms with Gasteiger partial charge in [-0.2, -0.15) is 0 Å². The minimum atomic E-state index is 0.526. The number of rotatable bonds is 6. The molecule has 0 saturated heterocycles. The van der Waals surface area contributed by atoms with E-state index in [0.29, 0.717) is 11.8 Å². The third kappa shape index (κ3) is 5.52. The van der Waals surface area contributed by atoms with Crippen molar-refractivity contribution in [1.82, 2.24) is 0 Å². The number of fused-ring (bicyclic) bond motifs is 8. The average molecular weight is 634 g/mol. The molecule has 7 aromatic rings. The maximum atomic E-state index is 6.66. The summed E-state index contributed by atoms with van der Waals surface area (Å²) >= 11 is 0. The molecule has 0 radical (unpaired) electrons. The second-order valence-corrected chi connectivity index (χ2v) is 12.2. The van der Waals surface area contributed by atoms with Gasteiger partial charge in [0.25, 0.3) is 0 Å². The summed E-state index contributed by atoms with van der Waals surface area (Å²) in [6.07, 6.45) is 10.8. The van der Waals surface area contributed by atoms with Gasteiger partial charge in [-0.3, -0.25) is 0 Å². The van der Waals surface area contributed by atoms with Crippen molar-refractivity contribution in [3.8, 4) is 0 Å². The summed E-state index contributed by atoms with van der Waals surface area (Å²) in [7, 11) is 0. The van der Waals surface area contributed by atoms with E-state index in [1.54, 1.807) is 0 Å². The molecule has 0 bridgehead atoms. The van der Waals surface area contributed by atoms with Crippen LogP contribution in [0.5, 0.6) is 0 Å². The number of anilines is 2. The molecule has 3 nitrogen and oxygen atoms in total. The van der Waals surface area contributed by atoms with E-state index < -0.39 is 0 Å². The van der Waals surface area contributed by atoms with Gasteiger partial charge in [0.05, 0.1) is 5.69 Å². The monoisotopic (exact) mass is 633 g/mol. The van der Waals surface area contributed by atoms with Gasteiger partial charge in [0.15, 0.2) is 0 Å². The van der Waals surface area contributed by atoms with Crippen molar-refractivity contribution < 1.29 is 8.83 Å². The van der Waals surface area contributed by atoms with Gasteiger partial charge in [-0.25, -0.2) is 0 Å². The number of hydrogen-bond donors (Lipinski definition) is 0. The highest BCUT2D eigenvalue weighted by atomic mass is 16.3. The highest BCUT2D eigenvalue weighted by Crippen LogP contribution is 2.46. The standard InChI is InChI=1S/C41H35NO2.2C2H6/c1-5-30-33-21-20-29(23-38(33)43-36(30)6-2)42(28-18-15-26(16-19-28)25(3)4)35-24-39-41(34-14-10-9-13-32(34)35)40-31-12-8-7-11-27(31)17-22-37(40)44-39;2*1-2/h6-15,17-26H,2,5,16H2,1,3-4H3;2*1-2H3. The van der Waals surface area contributed by atoms with Crippen molar-refractivity contribution in [1.29, 1.82) is 0 Å². The third-order valence-electron chi connectivity index (χ3n) is 9.42. The van der Waals surface area contributed by atoms with Crippen LogP contribution in [-0.2, 0) is 6.42 Å². The zero-order valence-corrected chi connectivity index (χ0v) is 29.4. The van der Waals surface area contributed by atoms with Gasteiger partial charge in [-0.1, -0.05) is 122 Å². The molecule has 1 aliphatic rings. The van der Waals surface area contributed by atoms with E-state index in [4.69, 9.17) is 8.83 Å². The number of nitrogens with zero attached hydrogens (tertiary/aromatic N) is 1. The molecule has 0 aliphatic heterocycles. The molecular weight excluding hydrogens is 587 g/mol. The largest absolute Gasteiger partial charge is 0.456 e. The van der Waals surface area contributed by atoms with Crippen LogP contribution < -0.4 is 4.90 Å². The first-order valence-electron chi connectivity index (χ1n) is 17.7. The SMILES string of the molecule is C=Cc1oc2cc(N(C3=CCC(C(C)C)C=C3)c3cc4oc5ccc6ccccc6c5c4c4ccccc34)ccc2c1CC.CC.CC. The molecule has 48 heavy (non-hydrogen) atoms. The van der Waals surface area contributed by atoms with Crippen molar-refractivity contribution in [3.05, 3.63) is 127 Å². The Balaban J connectivity index is 0.000000969. The molecule has 8 rings (SSSR count). The molecule has 244 valence electrons. The van der Waals surface area contributed by atoms with E-state index in [9.17, 15) is 0 Å². The minimum absolute atomic E-state index is 0.526. The summed E-state index contributed by atoms with van der Waals surface area (Å²) < 4.78 is 13.0. The molecule has 0 saturated carbocycles. The van der Waals surface area contributed by atoms with Crippen LogP contribution in [0.25, 0.3) is 60.5 Å². The lowest BCUT2D eigenvalue weighted by atomic mass is 9.88. The molecule has 2 aromatic heterocycles. The molecule has 3 heteroatoms. The van der Waals surface area contributed by atoms with E-state index in [0.717, 1.165) is 63.2 Å². The Morgan fingerprint density at radius 1 is 0.771 bits per heavy atom. The van der Waals surface area contributed by atoms with Gasteiger partial charge >= 0.3 is 0 Å². The maximum absolute atomic E-state index is 6.66. The van der Waals surface area contributed by atoms with Gasteiger partial charge in [0.1, 0.15) is 22.5 Å². The van der Waals surface area contributed by atoms with Crippen LogP contribution in [0, 0.1) is 11.8 Å². The lowest BCUT2D eigenvalue weighted by Crippen LogP contribution is -2.19. The third-order valence-corrected chi connectivity index (χ3v) is 9.42. The zero-order chi connectivity index (χ0) is 33.9. The maximum Gasteiger partial charge on any atom is 0.138 e. The molecule has 1 aliphatic carbocycles. The van der Waals surface area contributed by atoms with E-state index in [1.165, 1.54) is 32.5 Å². The molecule has 1 unspecified atom stereocenters. The highest BCUT2D eigenvalue weighted by molar-refractivity contribution is 6.28. The second-order valence-electron chi connectivity index (χ2n) is 12.2. The Morgan fingerprint density at radius 2 is 1.48 bits per heavy atom. The smallest absolute Gasteiger partial charge is 0.138 e. The molecule has 1 atom stereocenters. The Morgan fingerprint density at radius 3 is 2.17 bits per heavy atom. The first-order chi connectivity index (χ1) is 23.6. The van der Waals surface area contributed by atoms with E-state index >= 15 is 0 Å². The van der Waals surface area contributed by atoms with Crippen LogP contribution in [0.3, 0.4) is 0 Å². The number of furan rings is 2. The van der Waals surface area contributed by atoms with Crippen molar-refractivity contribution in [2.75, 3.05) is 4.90 Å². The zero-order valence-electron chi connectivity index (χ0n) is 29.4. The summed E-state index contributed by atoms with van der Waals surface area (Å²) in [5, 5.41) is 8.26. The normalized spacial score (nSPS) is 14.2. The van der Waals surface area contributed by atoms with Gasteiger partial charge in [-0.05, 0) is 71.2 Å². The molecule has 2 heterocycles. The molecule has 0 amide bonds. The number of allylic oxidation sites excluding steroid dienone is 3. The predicted molar refractivity (Wildman–Crippen MR) is 209 cm³/mol. The summed E-state index contributed by atoms with van der Waals surface area (Å²) in [6.45, 7) is 18.8. The summed E-state index contributed by atoms with van der Waals surface area (Å²) in [5.41, 5.74) is 7.15. The number of hydrogen-bond acceptors (Lipinski definition) is 3. The Kier molecular flexibility index (Phi) is 9.59. The molecule has 0 N–H and O–H groups in total. The molecule has 0 fully saturated rings. The Labute approximate surface area is 284 Å². The lowest BCUT2D eigenvalue weighted by Gasteiger charge is -2.30. The van der Waals surface area contributed by atoms with Crippen LogP contribution in [0.4, 0.5) is 11.4 Å². The fourth-order valence-corrected chi connectivity index (χ4v) is 7.11. The van der Waals surface area contributed by atoms with Gasteiger partial charge in [0, 0.05) is 50.6 Å². The van der Waals surface area contributed by atoms with Crippen molar-refractivity contribution in [3.63, 3.8) is 0 Å². The first kappa shape index (κ1) is 32.9. The van der Waals surface area contributed by atoms with Crippen molar-refractivity contribution in [2.45, 2.75) is 61.3 Å². The first-order valence-corrected chi connectivity index (χ1v) is 17.7. The quantitative estimate of drug-likeness (QED) is 0.182. The van der Waals surface area contributed by atoms with Crippen LogP contribution in [0.2, 0.25) is 0 Å². The Hall–Kier alpha value is -5.02. The van der Waals surface area contributed by atoms with Crippen LogP contribution in [0.1, 0.15) is 66.2 Å². The topological polar surface area (TPSA) is 29.5 Å². The van der Waals surface area contributed by atoms with E-state index in [-0.39, 0.29) is 0 Å². The highest BCUT2D eigenvalue weighted by Gasteiger charge is 2.24. The fourth-order valence-electron chi connectivity index (χ4n) is 7.11. The molecule has 0 spiro atoms. The average Bonchev–Trinajstić information content (AvgIpc) is 3.71. The van der Waals surface area contributed by atoms with Crippen LogP contribution in [0.15, 0.2) is 124 Å². The number of benzene rings is 5. The second kappa shape index (κ2) is 14.0. The molecular formula is C45H47NO2. The van der Waals surface area contributed by atoms with Crippen molar-refractivity contribution in [2.24, 2.45) is 11.8 Å². The summed E-state index contributed by atoms with van der Waals surface area (Å²) in [5.74, 6) is 1.96. The van der Waals surface area contributed by atoms with Crippen LogP contribution >= 0.6 is 0 Å². The van der Waals surface area contributed by atoms with Crippen LogP contribution in [-0.4, -0.2) is 0 Å².